The summed E-state index contributed by atoms with van der Waals surface area (Å²) in [6, 6.07) is 14.4. The number of likely N-dealkylation sites (tertiary alicyclic amines) is 1. The minimum Gasteiger partial charge on any atom is -0.481 e. The Kier molecular flexibility index (Phi) is 5.91. The zero-order chi connectivity index (χ0) is 18.5. The van der Waals surface area contributed by atoms with E-state index >= 15 is 0 Å². The molecule has 0 spiro atoms. The van der Waals surface area contributed by atoms with Crippen LogP contribution in [0, 0.1) is 5.92 Å². The number of rotatable bonds is 5. The number of amides is 1. The van der Waals surface area contributed by atoms with E-state index in [0.717, 1.165) is 24.9 Å². The van der Waals surface area contributed by atoms with Gasteiger partial charge in [-0.1, -0.05) is 23.7 Å². The first-order valence-corrected chi connectivity index (χ1v) is 9.00. The van der Waals surface area contributed by atoms with Crippen molar-refractivity contribution in [3.8, 4) is 0 Å². The Morgan fingerprint density at radius 1 is 1.19 bits per heavy atom. The minimum atomic E-state index is -0.723. The second-order valence-electron chi connectivity index (χ2n) is 6.57. The molecule has 26 heavy (non-hydrogen) atoms. The first-order valence-electron chi connectivity index (χ1n) is 8.62. The van der Waals surface area contributed by atoms with Gasteiger partial charge in [0.15, 0.2) is 0 Å². The third kappa shape index (κ3) is 4.84. The van der Waals surface area contributed by atoms with Gasteiger partial charge in [0.05, 0.1) is 5.92 Å². The van der Waals surface area contributed by atoms with Crippen LogP contribution in [0.15, 0.2) is 48.5 Å². The number of halogens is 1. The van der Waals surface area contributed by atoms with Gasteiger partial charge in [-0.25, -0.2) is 0 Å². The standard InChI is InChI=1S/C20H21ClN2O3/c21-17-8-6-15(7-9-17)19(24)22-18-5-1-3-14(11-18)12-23-10-2-4-16(13-23)20(25)26/h1,3,5-9,11,16H,2,4,10,12-13H2,(H,22,24)(H,25,26). The molecule has 0 radical (unpaired) electrons. The number of carbonyl (C=O) groups is 2. The maximum absolute atomic E-state index is 12.3. The number of hydrogen-bond donors (Lipinski definition) is 2. The lowest BCUT2D eigenvalue weighted by Crippen LogP contribution is -2.38. The van der Waals surface area contributed by atoms with Crippen LogP contribution < -0.4 is 5.32 Å². The lowest BCUT2D eigenvalue weighted by Gasteiger charge is -2.30. The summed E-state index contributed by atoms with van der Waals surface area (Å²) in [6.07, 6.45) is 1.63. The molecule has 0 aromatic heterocycles. The zero-order valence-electron chi connectivity index (χ0n) is 14.3. The van der Waals surface area contributed by atoms with Gasteiger partial charge in [0.25, 0.3) is 5.91 Å². The average molecular weight is 373 g/mol. The highest BCUT2D eigenvalue weighted by Gasteiger charge is 2.25. The Balaban J connectivity index is 1.63. The van der Waals surface area contributed by atoms with E-state index in [-0.39, 0.29) is 11.8 Å². The second-order valence-corrected chi connectivity index (χ2v) is 7.01. The molecule has 1 fully saturated rings. The van der Waals surface area contributed by atoms with Gasteiger partial charge in [-0.3, -0.25) is 14.5 Å². The van der Waals surface area contributed by atoms with E-state index in [1.165, 1.54) is 0 Å². The van der Waals surface area contributed by atoms with Crippen molar-refractivity contribution in [2.75, 3.05) is 18.4 Å². The van der Waals surface area contributed by atoms with Crippen LogP contribution in [-0.2, 0) is 11.3 Å². The minimum absolute atomic E-state index is 0.192. The molecule has 1 unspecified atom stereocenters. The quantitative estimate of drug-likeness (QED) is 0.835. The van der Waals surface area contributed by atoms with Crippen LogP contribution in [-0.4, -0.2) is 35.0 Å². The number of carboxylic acids is 1. The van der Waals surface area contributed by atoms with Crippen LogP contribution in [0.3, 0.4) is 0 Å². The summed E-state index contributed by atoms with van der Waals surface area (Å²) in [6.45, 7) is 2.14. The number of nitrogens with one attached hydrogen (secondary N) is 1. The van der Waals surface area contributed by atoms with Crippen molar-refractivity contribution in [1.29, 1.82) is 0 Å². The Morgan fingerprint density at radius 3 is 2.69 bits per heavy atom. The summed E-state index contributed by atoms with van der Waals surface area (Å²) in [4.78, 5) is 25.7. The van der Waals surface area contributed by atoms with Gasteiger partial charge in [0, 0.05) is 29.4 Å². The molecule has 1 saturated heterocycles. The van der Waals surface area contributed by atoms with Gasteiger partial charge < -0.3 is 10.4 Å². The summed E-state index contributed by atoms with van der Waals surface area (Å²) in [5.41, 5.74) is 2.30. The number of nitrogens with zero attached hydrogens (tertiary/aromatic N) is 1. The summed E-state index contributed by atoms with van der Waals surface area (Å²) in [5, 5.41) is 12.7. The number of piperidine rings is 1. The van der Waals surface area contributed by atoms with Crippen molar-refractivity contribution < 1.29 is 14.7 Å². The number of benzene rings is 2. The molecule has 0 aliphatic carbocycles. The maximum atomic E-state index is 12.3. The molecule has 6 heteroatoms. The van der Waals surface area contributed by atoms with Crippen molar-refractivity contribution in [1.82, 2.24) is 4.90 Å². The zero-order valence-corrected chi connectivity index (χ0v) is 15.1. The molecular formula is C20H21ClN2O3. The lowest BCUT2D eigenvalue weighted by molar-refractivity contribution is -0.143. The van der Waals surface area contributed by atoms with Gasteiger partial charge in [0.2, 0.25) is 0 Å². The molecule has 1 aliphatic heterocycles. The molecule has 2 aromatic carbocycles. The van der Waals surface area contributed by atoms with Crippen molar-refractivity contribution >= 4 is 29.2 Å². The van der Waals surface area contributed by atoms with Crippen LogP contribution in [0.2, 0.25) is 5.02 Å². The molecule has 1 heterocycles. The first-order chi connectivity index (χ1) is 12.5. The van der Waals surface area contributed by atoms with Crippen LogP contribution in [0.4, 0.5) is 5.69 Å². The fourth-order valence-electron chi connectivity index (χ4n) is 3.21. The largest absolute Gasteiger partial charge is 0.481 e. The van der Waals surface area contributed by atoms with E-state index in [2.05, 4.69) is 10.2 Å². The van der Waals surface area contributed by atoms with Gasteiger partial charge in [0.1, 0.15) is 0 Å². The molecule has 2 N–H and O–H groups in total. The van der Waals surface area contributed by atoms with Crippen molar-refractivity contribution in [2.45, 2.75) is 19.4 Å². The molecule has 0 bridgehead atoms. The van der Waals surface area contributed by atoms with Gasteiger partial charge >= 0.3 is 5.97 Å². The summed E-state index contributed by atoms with van der Waals surface area (Å²) in [7, 11) is 0. The fourth-order valence-corrected chi connectivity index (χ4v) is 3.34. The fraction of sp³-hybridized carbons (Fsp3) is 0.300. The SMILES string of the molecule is O=C(Nc1cccc(CN2CCCC(C(=O)O)C2)c1)c1ccc(Cl)cc1. The third-order valence-electron chi connectivity index (χ3n) is 4.55. The Hall–Kier alpha value is -2.37. The molecule has 1 aliphatic rings. The van der Waals surface area contributed by atoms with E-state index in [1.54, 1.807) is 24.3 Å². The van der Waals surface area contributed by atoms with E-state index in [0.29, 0.717) is 29.4 Å². The third-order valence-corrected chi connectivity index (χ3v) is 4.80. The topological polar surface area (TPSA) is 69.6 Å². The van der Waals surface area contributed by atoms with Crippen LogP contribution in [0.25, 0.3) is 0 Å². The number of aliphatic carboxylic acids is 1. The Morgan fingerprint density at radius 2 is 1.96 bits per heavy atom. The summed E-state index contributed by atoms with van der Waals surface area (Å²) in [5.74, 6) is -1.21. The average Bonchev–Trinajstić information content (AvgIpc) is 2.62. The molecule has 1 atom stereocenters. The van der Waals surface area contributed by atoms with Crippen LogP contribution >= 0.6 is 11.6 Å². The van der Waals surface area contributed by atoms with Crippen molar-refractivity contribution in [3.63, 3.8) is 0 Å². The highest BCUT2D eigenvalue weighted by molar-refractivity contribution is 6.30. The number of hydrogen-bond acceptors (Lipinski definition) is 3. The predicted molar refractivity (Wildman–Crippen MR) is 101 cm³/mol. The maximum Gasteiger partial charge on any atom is 0.307 e. The van der Waals surface area contributed by atoms with E-state index in [4.69, 9.17) is 11.6 Å². The highest BCUT2D eigenvalue weighted by atomic mass is 35.5. The number of carboxylic acid groups (broad SMARTS) is 1. The molecular weight excluding hydrogens is 352 g/mol. The van der Waals surface area contributed by atoms with Gasteiger partial charge in [-0.2, -0.15) is 0 Å². The number of carbonyl (C=O) groups excluding carboxylic acids is 1. The van der Waals surface area contributed by atoms with Crippen molar-refractivity contribution in [3.05, 3.63) is 64.7 Å². The van der Waals surface area contributed by atoms with Gasteiger partial charge in [-0.15, -0.1) is 0 Å². The normalized spacial score (nSPS) is 17.7. The summed E-state index contributed by atoms with van der Waals surface area (Å²) < 4.78 is 0. The first kappa shape index (κ1) is 18.4. The van der Waals surface area contributed by atoms with E-state index < -0.39 is 5.97 Å². The van der Waals surface area contributed by atoms with Crippen LogP contribution in [0.1, 0.15) is 28.8 Å². The molecule has 0 saturated carbocycles. The monoisotopic (exact) mass is 372 g/mol. The Labute approximate surface area is 157 Å². The second kappa shape index (κ2) is 8.34. The molecule has 1 amide bonds. The van der Waals surface area contributed by atoms with Gasteiger partial charge in [-0.05, 0) is 61.3 Å². The molecule has 2 aromatic rings. The lowest BCUT2D eigenvalue weighted by atomic mass is 9.98. The molecule has 136 valence electrons. The van der Waals surface area contributed by atoms with E-state index in [1.807, 2.05) is 24.3 Å². The smallest absolute Gasteiger partial charge is 0.307 e. The highest BCUT2D eigenvalue weighted by Crippen LogP contribution is 2.20. The Bertz CT molecular complexity index is 792. The number of anilines is 1. The molecule has 5 nitrogen and oxygen atoms in total. The van der Waals surface area contributed by atoms with Crippen molar-refractivity contribution in [2.24, 2.45) is 5.92 Å². The van der Waals surface area contributed by atoms with E-state index in [9.17, 15) is 14.7 Å². The predicted octanol–water partition coefficient (Wildman–Crippen LogP) is 3.89. The molecule has 3 rings (SSSR count). The summed E-state index contributed by atoms with van der Waals surface area (Å²) >= 11 is 5.85. The van der Waals surface area contributed by atoms with Crippen LogP contribution in [0.5, 0.6) is 0 Å².